The molecule has 0 spiro atoms. The van der Waals surface area contributed by atoms with E-state index in [9.17, 15) is 14.9 Å². The third-order valence-electron chi connectivity index (χ3n) is 3.94. The maximum atomic E-state index is 12.3. The van der Waals surface area contributed by atoms with Crippen LogP contribution in [0.1, 0.15) is 20.3 Å². The minimum absolute atomic E-state index is 0. The number of anilines is 1. The molecule has 1 aromatic rings. The average Bonchev–Trinajstić information content (AvgIpc) is 2.51. The number of para-hydroxylation sites is 2. The molecule has 0 aliphatic heterocycles. The maximum Gasteiger partial charge on any atom is 0.292 e. The van der Waals surface area contributed by atoms with E-state index in [0.717, 1.165) is 6.42 Å². The minimum Gasteiger partial charge on any atom is -0.360 e. The Labute approximate surface area is 149 Å². The van der Waals surface area contributed by atoms with Crippen LogP contribution in [0, 0.1) is 16.0 Å². The highest BCUT2D eigenvalue weighted by Crippen LogP contribution is 2.26. The second kappa shape index (κ2) is 10.1. The number of hydrogen-bond acceptors (Lipinski definition) is 5. The lowest BCUT2D eigenvalue weighted by Gasteiger charge is -2.25. The fourth-order valence-electron chi connectivity index (χ4n) is 2.15. The zero-order chi connectivity index (χ0) is 17.6. The van der Waals surface area contributed by atoms with Crippen molar-refractivity contribution < 1.29 is 9.72 Å². The Hall–Kier alpha value is -1.86. The van der Waals surface area contributed by atoms with E-state index in [-0.39, 0.29) is 36.6 Å². The predicted octanol–water partition coefficient (Wildman–Crippen LogP) is 2.28. The first-order chi connectivity index (χ1) is 10.7. The van der Waals surface area contributed by atoms with Crippen LogP contribution >= 0.6 is 12.4 Å². The SMILES string of the molecule is CC(C)C(N)CCN(C)C(=O)CN(C)c1ccccc1[N+](=O)[O-].Cl. The van der Waals surface area contributed by atoms with E-state index in [1.54, 1.807) is 42.1 Å². The standard InChI is InChI=1S/C16H26N4O3.ClH/c1-12(2)13(17)9-10-18(3)16(21)11-19(4)14-7-5-6-8-15(14)20(22)23;/h5-8,12-13H,9-11,17H2,1-4H3;1H. The second-order valence-corrected chi connectivity index (χ2v) is 6.11. The molecule has 7 nitrogen and oxygen atoms in total. The maximum absolute atomic E-state index is 12.3. The molecule has 1 atom stereocenters. The lowest BCUT2D eigenvalue weighted by molar-refractivity contribution is -0.384. The molecule has 0 heterocycles. The molecular weight excluding hydrogens is 332 g/mol. The number of nitrogens with two attached hydrogens (primary N) is 1. The molecule has 0 aromatic heterocycles. The summed E-state index contributed by atoms with van der Waals surface area (Å²) in [5.41, 5.74) is 6.41. The fourth-order valence-corrected chi connectivity index (χ4v) is 2.15. The third kappa shape index (κ3) is 6.33. The van der Waals surface area contributed by atoms with Crippen LogP contribution < -0.4 is 10.6 Å². The summed E-state index contributed by atoms with van der Waals surface area (Å²) in [6.45, 7) is 4.75. The number of nitrogens with zero attached hydrogens (tertiary/aromatic N) is 3. The second-order valence-electron chi connectivity index (χ2n) is 6.11. The molecule has 0 bridgehead atoms. The number of rotatable bonds is 8. The van der Waals surface area contributed by atoms with Gasteiger partial charge < -0.3 is 15.5 Å². The van der Waals surface area contributed by atoms with E-state index in [4.69, 9.17) is 5.73 Å². The molecule has 0 aliphatic carbocycles. The number of amides is 1. The molecule has 24 heavy (non-hydrogen) atoms. The summed E-state index contributed by atoms with van der Waals surface area (Å²) < 4.78 is 0. The van der Waals surface area contributed by atoms with Gasteiger partial charge in [0, 0.05) is 32.7 Å². The zero-order valence-electron chi connectivity index (χ0n) is 14.6. The number of carbonyl (C=O) groups excluding carboxylic acids is 1. The van der Waals surface area contributed by atoms with Gasteiger partial charge in [-0.3, -0.25) is 14.9 Å². The van der Waals surface area contributed by atoms with Crippen LogP contribution in [0.4, 0.5) is 11.4 Å². The van der Waals surface area contributed by atoms with Gasteiger partial charge in [0.05, 0.1) is 11.5 Å². The van der Waals surface area contributed by atoms with Crippen LogP contribution in [0.5, 0.6) is 0 Å². The summed E-state index contributed by atoms with van der Waals surface area (Å²) in [6.07, 6.45) is 0.731. The van der Waals surface area contributed by atoms with Gasteiger partial charge in [0.15, 0.2) is 0 Å². The van der Waals surface area contributed by atoms with Crippen LogP contribution in [0.15, 0.2) is 24.3 Å². The van der Waals surface area contributed by atoms with Crippen LogP contribution in [0.3, 0.4) is 0 Å². The monoisotopic (exact) mass is 358 g/mol. The molecule has 136 valence electrons. The van der Waals surface area contributed by atoms with E-state index >= 15 is 0 Å². The molecule has 1 unspecified atom stereocenters. The first-order valence-electron chi connectivity index (χ1n) is 7.68. The lowest BCUT2D eigenvalue weighted by Crippen LogP contribution is -2.39. The van der Waals surface area contributed by atoms with E-state index in [1.807, 2.05) is 0 Å². The zero-order valence-corrected chi connectivity index (χ0v) is 15.5. The highest BCUT2D eigenvalue weighted by Gasteiger charge is 2.20. The molecule has 1 amide bonds. The Morgan fingerprint density at radius 2 is 1.88 bits per heavy atom. The van der Waals surface area contributed by atoms with Crippen molar-refractivity contribution in [2.45, 2.75) is 26.3 Å². The summed E-state index contributed by atoms with van der Waals surface area (Å²) in [7, 11) is 3.40. The van der Waals surface area contributed by atoms with Crippen molar-refractivity contribution >= 4 is 29.7 Å². The Kier molecular flexibility index (Phi) is 9.32. The van der Waals surface area contributed by atoms with Crippen molar-refractivity contribution in [3.05, 3.63) is 34.4 Å². The number of hydrogen-bond donors (Lipinski definition) is 1. The molecule has 0 saturated heterocycles. The van der Waals surface area contributed by atoms with Gasteiger partial charge in [-0.25, -0.2) is 0 Å². The molecule has 0 aliphatic rings. The molecule has 0 fully saturated rings. The average molecular weight is 359 g/mol. The van der Waals surface area contributed by atoms with E-state index in [2.05, 4.69) is 13.8 Å². The summed E-state index contributed by atoms with van der Waals surface area (Å²) in [4.78, 5) is 26.1. The van der Waals surface area contributed by atoms with Crippen molar-refractivity contribution in [2.24, 2.45) is 11.7 Å². The fraction of sp³-hybridized carbons (Fsp3) is 0.562. The number of likely N-dealkylation sites (N-methyl/N-ethyl adjacent to an activating group) is 2. The highest BCUT2D eigenvalue weighted by atomic mass is 35.5. The molecule has 0 saturated carbocycles. The number of halogens is 1. The van der Waals surface area contributed by atoms with Crippen LogP contribution in [0.2, 0.25) is 0 Å². The van der Waals surface area contributed by atoms with Crippen molar-refractivity contribution in [3.63, 3.8) is 0 Å². The van der Waals surface area contributed by atoms with Crippen LogP contribution in [0.25, 0.3) is 0 Å². The lowest BCUT2D eigenvalue weighted by atomic mass is 10.0. The summed E-state index contributed by atoms with van der Waals surface area (Å²) >= 11 is 0. The Morgan fingerprint density at radius 1 is 1.29 bits per heavy atom. The Bertz CT molecular complexity index is 554. The van der Waals surface area contributed by atoms with E-state index in [0.29, 0.717) is 18.2 Å². The molecule has 1 rings (SSSR count). The summed E-state index contributed by atoms with van der Waals surface area (Å²) in [5.74, 6) is 0.273. The molecule has 2 N–H and O–H groups in total. The quantitative estimate of drug-likeness (QED) is 0.568. The highest BCUT2D eigenvalue weighted by molar-refractivity contribution is 5.85. The van der Waals surface area contributed by atoms with Gasteiger partial charge in [0.2, 0.25) is 5.91 Å². The van der Waals surface area contributed by atoms with Crippen LogP contribution in [-0.4, -0.2) is 49.0 Å². The molecular formula is C16H27ClN4O3. The van der Waals surface area contributed by atoms with Gasteiger partial charge >= 0.3 is 0 Å². The van der Waals surface area contributed by atoms with Gasteiger partial charge in [-0.1, -0.05) is 26.0 Å². The first-order valence-corrected chi connectivity index (χ1v) is 7.68. The van der Waals surface area contributed by atoms with Gasteiger partial charge in [-0.05, 0) is 18.4 Å². The van der Waals surface area contributed by atoms with Crippen molar-refractivity contribution in [1.82, 2.24) is 4.90 Å². The number of nitro groups is 1. The predicted molar refractivity (Wildman–Crippen MR) is 98.7 cm³/mol. The van der Waals surface area contributed by atoms with Gasteiger partial charge in [0.25, 0.3) is 5.69 Å². The molecule has 1 aromatic carbocycles. The van der Waals surface area contributed by atoms with Gasteiger partial charge in [0.1, 0.15) is 5.69 Å². The largest absolute Gasteiger partial charge is 0.360 e. The van der Waals surface area contributed by atoms with Crippen molar-refractivity contribution in [2.75, 3.05) is 32.1 Å². The normalized spacial score (nSPS) is 11.6. The number of nitro benzene ring substituents is 1. The minimum atomic E-state index is -0.443. The van der Waals surface area contributed by atoms with Crippen molar-refractivity contribution in [3.8, 4) is 0 Å². The summed E-state index contributed by atoms with van der Waals surface area (Å²) in [5, 5.41) is 11.1. The van der Waals surface area contributed by atoms with E-state index < -0.39 is 4.92 Å². The number of carbonyl (C=O) groups is 1. The Morgan fingerprint density at radius 3 is 2.42 bits per heavy atom. The number of benzene rings is 1. The molecule has 8 heteroatoms. The topological polar surface area (TPSA) is 92.7 Å². The van der Waals surface area contributed by atoms with Crippen molar-refractivity contribution in [1.29, 1.82) is 0 Å². The molecule has 0 radical (unpaired) electrons. The van der Waals surface area contributed by atoms with E-state index in [1.165, 1.54) is 6.07 Å². The first kappa shape index (κ1) is 22.1. The third-order valence-corrected chi connectivity index (χ3v) is 3.94. The van der Waals surface area contributed by atoms with Gasteiger partial charge in [-0.2, -0.15) is 0 Å². The van der Waals surface area contributed by atoms with Gasteiger partial charge in [-0.15, -0.1) is 12.4 Å². The summed E-state index contributed by atoms with van der Waals surface area (Å²) in [6, 6.07) is 6.45. The smallest absolute Gasteiger partial charge is 0.292 e. The van der Waals surface area contributed by atoms with Crippen LogP contribution in [-0.2, 0) is 4.79 Å². The Balaban J connectivity index is 0.00000529.